The highest BCUT2D eigenvalue weighted by molar-refractivity contribution is 6.33. The van der Waals surface area contributed by atoms with E-state index in [2.05, 4.69) is 0 Å². The highest BCUT2D eigenvalue weighted by Gasteiger charge is 2.20. The van der Waals surface area contributed by atoms with Gasteiger partial charge in [-0.1, -0.05) is 11.6 Å². The minimum atomic E-state index is -0.550. The van der Waals surface area contributed by atoms with Crippen molar-refractivity contribution in [3.05, 3.63) is 16.9 Å². The van der Waals surface area contributed by atoms with Crippen molar-refractivity contribution < 1.29 is 9.13 Å². The Labute approximate surface area is 104 Å². The van der Waals surface area contributed by atoms with E-state index in [-0.39, 0.29) is 10.7 Å². The first-order valence-corrected chi connectivity index (χ1v) is 5.84. The largest absolute Gasteiger partial charge is 0.397 e. The molecule has 1 saturated heterocycles. The van der Waals surface area contributed by atoms with E-state index in [1.807, 2.05) is 4.90 Å². The first-order valence-electron chi connectivity index (χ1n) is 5.47. The number of nitrogen functional groups attached to an aromatic ring is 2. The Hall–Kier alpha value is -1.20. The Morgan fingerprint density at radius 3 is 2.76 bits per heavy atom. The van der Waals surface area contributed by atoms with Crippen molar-refractivity contribution in [2.24, 2.45) is 0 Å². The van der Waals surface area contributed by atoms with Crippen molar-refractivity contribution in [2.45, 2.75) is 6.42 Å². The predicted octanol–water partition coefficient (Wildman–Crippen LogP) is 1.87. The molecular formula is C11H15ClFN3O. The number of benzene rings is 1. The van der Waals surface area contributed by atoms with Crippen LogP contribution in [0.1, 0.15) is 6.42 Å². The van der Waals surface area contributed by atoms with Gasteiger partial charge < -0.3 is 21.1 Å². The molecule has 2 rings (SSSR count). The fourth-order valence-corrected chi connectivity index (χ4v) is 2.09. The van der Waals surface area contributed by atoms with Crippen LogP contribution >= 0.6 is 11.6 Å². The van der Waals surface area contributed by atoms with Crippen LogP contribution in [-0.4, -0.2) is 26.3 Å². The van der Waals surface area contributed by atoms with Crippen LogP contribution in [0.2, 0.25) is 5.02 Å². The standard InChI is InChI=1S/C11H15ClFN3O/c12-9-7(14)6-8(15)11(10(9)13)16-2-1-4-17-5-3-16/h6H,1-5,14-15H2. The number of anilines is 3. The lowest BCUT2D eigenvalue weighted by Crippen LogP contribution is -2.28. The van der Waals surface area contributed by atoms with Crippen LogP contribution in [-0.2, 0) is 4.74 Å². The summed E-state index contributed by atoms with van der Waals surface area (Å²) in [6.45, 7) is 2.53. The lowest BCUT2D eigenvalue weighted by Gasteiger charge is -2.24. The number of halogens is 2. The highest BCUT2D eigenvalue weighted by Crippen LogP contribution is 2.36. The van der Waals surface area contributed by atoms with Crippen LogP contribution in [0.4, 0.5) is 21.5 Å². The molecule has 0 aromatic heterocycles. The van der Waals surface area contributed by atoms with Crippen molar-refractivity contribution >= 4 is 28.7 Å². The summed E-state index contributed by atoms with van der Waals surface area (Å²) in [6, 6.07) is 1.49. The minimum absolute atomic E-state index is 0.0700. The Morgan fingerprint density at radius 2 is 2.00 bits per heavy atom. The molecule has 0 amide bonds. The number of hydrogen-bond acceptors (Lipinski definition) is 4. The SMILES string of the molecule is Nc1cc(N)c(N2CCCOCC2)c(F)c1Cl. The van der Waals surface area contributed by atoms with Crippen molar-refractivity contribution in [1.29, 1.82) is 0 Å². The molecule has 1 aliphatic rings. The van der Waals surface area contributed by atoms with Crippen LogP contribution in [0.5, 0.6) is 0 Å². The molecule has 6 heteroatoms. The maximum Gasteiger partial charge on any atom is 0.169 e. The topological polar surface area (TPSA) is 64.5 Å². The number of rotatable bonds is 1. The van der Waals surface area contributed by atoms with Crippen molar-refractivity contribution in [3.63, 3.8) is 0 Å². The van der Waals surface area contributed by atoms with Crippen molar-refractivity contribution in [1.82, 2.24) is 0 Å². The van der Waals surface area contributed by atoms with E-state index < -0.39 is 5.82 Å². The smallest absolute Gasteiger partial charge is 0.169 e. The van der Waals surface area contributed by atoms with Gasteiger partial charge in [0.1, 0.15) is 5.02 Å². The Balaban J connectivity index is 2.39. The van der Waals surface area contributed by atoms with E-state index in [1.165, 1.54) is 6.07 Å². The van der Waals surface area contributed by atoms with E-state index in [0.717, 1.165) is 6.42 Å². The van der Waals surface area contributed by atoms with Crippen LogP contribution in [0, 0.1) is 5.82 Å². The molecule has 17 heavy (non-hydrogen) atoms. The normalized spacial score (nSPS) is 16.9. The summed E-state index contributed by atoms with van der Waals surface area (Å²) in [6.07, 6.45) is 0.834. The van der Waals surface area contributed by atoms with E-state index in [9.17, 15) is 4.39 Å². The van der Waals surface area contributed by atoms with E-state index in [4.69, 9.17) is 27.8 Å². The molecule has 94 valence electrons. The second-order valence-corrected chi connectivity index (χ2v) is 4.36. The molecule has 1 fully saturated rings. The molecule has 0 aliphatic carbocycles. The zero-order chi connectivity index (χ0) is 12.4. The second kappa shape index (κ2) is 4.98. The summed E-state index contributed by atoms with van der Waals surface area (Å²) >= 11 is 5.80. The quantitative estimate of drug-likeness (QED) is 0.756. The molecule has 1 aromatic rings. The van der Waals surface area contributed by atoms with Gasteiger partial charge in [0.15, 0.2) is 5.82 Å². The van der Waals surface area contributed by atoms with Gasteiger partial charge in [0.2, 0.25) is 0 Å². The summed E-state index contributed by atoms with van der Waals surface area (Å²) in [5.41, 5.74) is 12.2. The van der Waals surface area contributed by atoms with E-state index in [0.29, 0.717) is 37.7 Å². The van der Waals surface area contributed by atoms with Gasteiger partial charge in [-0.15, -0.1) is 0 Å². The predicted molar refractivity (Wildman–Crippen MR) is 67.9 cm³/mol. The lowest BCUT2D eigenvalue weighted by molar-refractivity contribution is 0.152. The van der Waals surface area contributed by atoms with Gasteiger partial charge in [0.05, 0.1) is 23.7 Å². The van der Waals surface area contributed by atoms with Gasteiger partial charge in [-0.05, 0) is 12.5 Å². The highest BCUT2D eigenvalue weighted by atomic mass is 35.5. The van der Waals surface area contributed by atoms with Gasteiger partial charge in [-0.3, -0.25) is 0 Å². The molecular weight excluding hydrogens is 245 g/mol. The molecule has 1 aliphatic heterocycles. The first-order chi connectivity index (χ1) is 8.11. The van der Waals surface area contributed by atoms with Crippen LogP contribution in [0.3, 0.4) is 0 Å². The Bertz CT molecular complexity index is 420. The molecule has 0 atom stereocenters. The number of hydrogen-bond donors (Lipinski definition) is 2. The molecule has 0 spiro atoms. The molecule has 0 unspecified atom stereocenters. The zero-order valence-corrected chi connectivity index (χ0v) is 10.1. The fraction of sp³-hybridized carbons (Fsp3) is 0.455. The van der Waals surface area contributed by atoms with Crippen LogP contribution < -0.4 is 16.4 Å². The van der Waals surface area contributed by atoms with Gasteiger partial charge >= 0.3 is 0 Å². The summed E-state index contributed by atoms with van der Waals surface area (Å²) in [5, 5.41) is -0.0700. The third-order valence-corrected chi connectivity index (χ3v) is 3.16. The van der Waals surface area contributed by atoms with Crippen molar-refractivity contribution in [3.8, 4) is 0 Å². The number of ether oxygens (including phenoxy) is 1. The maximum atomic E-state index is 14.1. The number of nitrogens with zero attached hydrogens (tertiary/aromatic N) is 1. The van der Waals surface area contributed by atoms with Gasteiger partial charge in [0, 0.05) is 19.7 Å². The fourth-order valence-electron chi connectivity index (χ4n) is 1.95. The summed E-state index contributed by atoms with van der Waals surface area (Å²) in [7, 11) is 0. The molecule has 0 bridgehead atoms. The zero-order valence-electron chi connectivity index (χ0n) is 9.38. The molecule has 1 heterocycles. The Kier molecular flexibility index (Phi) is 3.59. The lowest BCUT2D eigenvalue weighted by atomic mass is 10.2. The molecule has 4 N–H and O–H groups in total. The first kappa shape index (κ1) is 12.3. The Morgan fingerprint density at radius 1 is 1.24 bits per heavy atom. The van der Waals surface area contributed by atoms with E-state index in [1.54, 1.807) is 0 Å². The minimum Gasteiger partial charge on any atom is -0.397 e. The summed E-state index contributed by atoms with van der Waals surface area (Å²) < 4.78 is 19.4. The third-order valence-electron chi connectivity index (χ3n) is 2.78. The maximum absolute atomic E-state index is 14.1. The monoisotopic (exact) mass is 259 g/mol. The van der Waals surface area contributed by atoms with Gasteiger partial charge in [-0.2, -0.15) is 0 Å². The molecule has 0 radical (unpaired) electrons. The average Bonchev–Trinajstić information content (AvgIpc) is 2.55. The van der Waals surface area contributed by atoms with E-state index >= 15 is 0 Å². The average molecular weight is 260 g/mol. The van der Waals surface area contributed by atoms with Gasteiger partial charge in [-0.25, -0.2) is 4.39 Å². The summed E-state index contributed by atoms with van der Waals surface area (Å²) in [4.78, 5) is 1.85. The van der Waals surface area contributed by atoms with Crippen LogP contribution in [0.25, 0.3) is 0 Å². The van der Waals surface area contributed by atoms with Crippen LogP contribution in [0.15, 0.2) is 6.07 Å². The summed E-state index contributed by atoms with van der Waals surface area (Å²) in [5.74, 6) is -0.550. The molecule has 4 nitrogen and oxygen atoms in total. The second-order valence-electron chi connectivity index (χ2n) is 3.98. The molecule has 1 aromatic carbocycles. The molecule has 0 saturated carbocycles. The van der Waals surface area contributed by atoms with Crippen molar-refractivity contribution in [2.75, 3.05) is 42.7 Å². The third kappa shape index (κ3) is 2.40. The van der Waals surface area contributed by atoms with Gasteiger partial charge in [0.25, 0.3) is 0 Å². The number of nitrogens with two attached hydrogens (primary N) is 2.